The zero-order chi connectivity index (χ0) is 12.1. The standard InChI is InChI=1S/C14H28N2S/c1-13-11-16-9-4-3-7-14(16)12-15(13)8-5-6-10-17-2/h13-14H,3-12H2,1-2H3. The van der Waals surface area contributed by atoms with Gasteiger partial charge in [0.25, 0.3) is 0 Å². The number of rotatable bonds is 5. The highest BCUT2D eigenvalue weighted by Gasteiger charge is 2.32. The van der Waals surface area contributed by atoms with Gasteiger partial charge in [0.05, 0.1) is 0 Å². The number of piperidine rings is 1. The molecule has 17 heavy (non-hydrogen) atoms. The van der Waals surface area contributed by atoms with Gasteiger partial charge >= 0.3 is 0 Å². The van der Waals surface area contributed by atoms with Gasteiger partial charge in [-0.3, -0.25) is 9.80 Å². The molecule has 2 nitrogen and oxygen atoms in total. The van der Waals surface area contributed by atoms with E-state index in [-0.39, 0.29) is 0 Å². The molecule has 2 aliphatic heterocycles. The molecule has 0 bridgehead atoms. The summed E-state index contributed by atoms with van der Waals surface area (Å²) in [6.07, 6.45) is 9.31. The van der Waals surface area contributed by atoms with Gasteiger partial charge in [-0.2, -0.15) is 11.8 Å². The second kappa shape index (κ2) is 7.01. The van der Waals surface area contributed by atoms with E-state index in [1.807, 2.05) is 11.8 Å². The first-order chi connectivity index (χ1) is 8.31. The molecule has 0 saturated carbocycles. The molecule has 2 atom stereocenters. The predicted molar refractivity (Wildman–Crippen MR) is 77.9 cm³/mol. The lowest BCUT2D eigenvalue weighted by Gasteiger charge is -2.47. The van der Waals surface area contributed by atoms with Crippen molar-refractivity contribution >= 4 is 11.8 Å². The Morgan fingerprint density at radius 3 is 2.88 bits per heavy atom. The van der Waals surface area contributed by atoms with E-state index in [1.165, 1.54) is 64.0 Å². The number of unbranched alkanes of at least 4 members (excludes halogenated alkanes) is 1. The Kier molecular flexibility index (Phi) is 5.64. The number of piperazine rings is 1. The highest BCUT2D eigenvalue weighted by atomic mass is 32.2. The van der Waals surface area contributed by atoms with E-state index < -0.39 is 0 Å². The fraction of sp³-hybridized carbons (Fsp3) is 1.00. The molecule has 0 radical (unpaired) electrons. The molecular weight excluding hydrogens is 228 g/mol. The van der Waals surface area contributed by atoms with Gasteiger partial charge in [0.2, 0.25) is 0 Å². The van der Waals surface area contributed by atoms with Crippen molar-refractivity contribution in [3.8, 4) is 0 Å². The minimum absolute atomic E-state index is 0.777. The zero-order valence-corrected chi connectivity index (χ0v) is 12.3. The number of fused-ring (bicyclic) bond motifs is 1. The molecule has 0 aromatic heterocycles. The molecule has 0 aromatic rings. The molecule has 2 rings (SSSR count). The third-order valence-electron chi connectivity index (χ3n) is 4.36. The zero-order valence-electron chi connectivity index (χ0n) is 11.5. The van der Waals surface area contributed by atoms with Crippen LogP contribution in [0.15, 0.2) is 0 Å². The van der Waals surface area contributed by atoms with Gasteiger partial charge in [-0.1, -0.05) is 6.42 Å². The van der Waals surface area contributed by atoms with E-state index in [1.54, 1.807) is 0 Å². The Balaban J connectivity index is 1.74. The van der Waals surface area contributed by atoms with Crippen LogP contribution in [0, 0.1) is 0 Å². The van der Waals surface area contributed by atoms with Crippen LogP contribution in [0.2, 0.25) is 0 Å². The Hall–Kier alpha value is 0.270. The summed E-state index contributed by atoms with van der Waals surface area (Å²) in [6.45, 7) is 7.74. The molecule has 0 aliphatic carbocycles. The lowest BCUT2D eigenvalue weighted by atomic mass is 9.97. The van der Waals surface area contributed by atoms with Crippen LogP contribution in [0.5, 0.6) is 0 Å². The van der Waals surface area contributed by atoms with E-state index >= 15 is 0 Å². The minimum Gasteiger partial charge on any atom is -0.298 e. The minimum atomic E-state index is 0.777. The van der Waals surface area contributed by atoms with Crippen LogP contribution in [-0.4, -0.2) is 60.1 Å². The summed E-state index contributed by atoms with van der Waals surface area (Å²) >= 11 is 1.98. The average molecular weight is 256 g/mol. The summed E-state index contributed by atoms with van der Waals surface area (Å²) in [6, 6.07) is 1.65. The molecule has 3 heteroatoms. The fourth-order valence-electron chi connectivity index (χ4n) is 3.29. The van der Waals surface area contributed by atoms with E-state index in [2.05, 4.69) is 23.0 Å². The van der Waals surface area contributed by atoms with Crippen molar-refractivity contribution in [1.29, 1.82) is 0 Å². The number of hydrogen-bond donors (Lipinski definition) is 0. The van der Waals surface area contributed by atoms with Gasteiger partial charge in [0, 0.05) is 25.2 Å². The maximum Gasteiger partial charge on any atom is 0.0223 e. The Bertz CT molecular complexity index is 222. The molecular formula is C14H28N2S. The Labute approximate surface area is 111 Å². The molecule has 2 saturated heterocycles. The third-order valence-corrected chi connectivity index (χ3v) is 5.06. The summed E-state index contributed by atoms with van der Waals surface area (Å²) in [5, 5.41) is 0. The van der Waals surface area contributed by atoms with Gasteiger partial charge in [-0.15, -0.1) is 0 Å². The monoisotopic (exact) mass is 256 g/mol. The van der Waals surface area contributed by atoms with Crippen LogP contribution >= 0.6 is 11.8 Å². The summed E-state index contributed by atoms with van der Waals surface area (Å²) in [7, 11) is 0. The molecule has 2 aliphatic rings. The van der Waals surface area contributed by atoms with Crippen LogP contribution in [0.1, 0.15) is 39.0 Å². The molecule has 100 valence electrons. The molecule has 2 heterocycles. The summed E-state index contributed by atoms with van der Waals surface area (Å²) in [4.78, 5) is 5.49. The summed E-state index contributed by atoms with van der Waals surface area (Å²) in [5.74, 6) is 1.33. The Morgan fingerprint density at radius 1 is 1.18 bits per heavy atom. The summed E-state index contributed by atoms with van der Waals surface area (Å²) < 4.78 is 0. The Morgan fingerprint density at radius 2 is 2.06 bits per heavy atom. The first kappa shape index (κ1) is 13.7. The quantitative estimate of drug-likeness (QED) is 0.698. The average Bonchev–Trinajstić information content (AvgIpc) is 2.35. The largest absolute Gasteiger partial charge is 0.298 e. The smallest absolute Gasteiger partial charge is 0.0223 e. The lowest BCUT2D eigenvalue weighted by Crippen LogP contribution is -2.58. The van der Waals surface area contributed by atoms with Crippen molar-refractivity contribution in [2.75, 3.05) is 38.2 Å². The van der Waals surface area contributed by atoms with Gasteiger partial charge in [0.15, 0.2) is 0 Å². The van der Waals surface area contributed by atoms with Crippen LogP contribution < -0.4 is 0 Å². The van der Waals surface area contributed by atoms with Gasteiger partial charge in [-0.25, -0.2) is 0 Å². The number of nitrogens with zero attached hydrogens (tertiary/aromatic N) is 2. The van der Waals surface area contributed by atoms with Crippen LogP contribution in [-0.2, 0) is 0 Å². The van der Waals surface area contributed by atoms with Gasteiger partial charge in [0.1, 0.15) is 0 Å². The van der Waals surface area contributed by atoms with Crippen molar-refractivity contribution in [3.05, 3.63) is 0 Å². The third kappa shape index (κ3) is 3.87. The van der Waals surface area contributed by atoms with Gasteiger partial charge in [-0.05, 0) is 57.7 Å². The molecule has 0 spiro atoms. The normalized spacial score (nSPS) is 31.4. The van der Waals surface area contributed by atoms with Crippen molar-refractivity contribution < 1.29 is 0 Å². The molecule has 0 N–H and O–H groups in total. The topological polar surface area (TPSA) is 6.48 Å². The van der Waals surface area contributed by atoms with Crippen LogP contribution in [0.25, 0.3) is 0 Å². The van der Waals surface area contributed by atoms with Crippen LogP contribution in [0.4, 0.5) is 0 Å². The van der Waals surface area contributed by atoms with Crippen molar-refractivity contribution in [3.63, 3.8) is 0 Å². The maximum atomic E-state index is 2.74. The predicted octanol–water partition coefficient (Wildman–Crippen LogP) is 2.69. The lowest BCUT2D eigenvalue weighted by molar-refractivity contribution is 0.0149. The van der Waals surface area contributed by atoms with E-state index in [0.717, 1.165) is 12.1 Å². The molecule has 0 amide bonds. The first-order valence-corrected chi connectivity index (χ1v) is 8.67. The van der Waals surface area contributed by atoms with Crippen molar-refractivity contribution in [2.24, 2.45) is 0 Å². The van der Waals surface area contributed by atoms with Gasteiger partial charge < -0.3 is 0 Å². The molecule has 2 unspecified atom stereocenters. The van der Waals surface area contributed by atoms with Crippen molar-refractivity contribution in [2.45, 2.75) is 51.1 Å². The number of thioether (sulfide) groups is 1. The first-order valence-electron chi connectivity index (χ1n) is 7.28. The highest BCUT2D eigenvalue weighted by molar-refractivity contribution is 7.98. The van der Waals surface area contributed by atoms with Crippen LogP contribution in [0.3, 0.4) is 0 Å². The van der Waals surface area contributed by atoms with Crippen molar-refractivity contribution in [1.82, 2.24) is 9.80 Å². The van der Waals surface area contributed by atoms with E-state index in [4.69, 9.17) is 0 Å². The SMILES string of the molecule is CSCCCCN1CC2CCCCN2CC1C. The summed E-state index contributed by atoms with van der Waals surface area (Å²) in [5.41, 5.74) is 0. The van der Waals surface area contributed by atoms with E-state index in [0.29, 0.717) is 0 Å². The molecule has 0 aromatic carbocycles. The molecule has 2 fully saturated rings. The maximum absolute atomic E-state index is 2.74. The second-order valence-corrected chi connectivity index (χ2v) is 6.67. The van der Waals surface area contributed by atoms with E-state index in [9.17, 15) is 0 Å². The number of hydrogen-bond acceptors (Lipinski definition) is 3. The highest BCUT2D eigenvalue weighted by Crippen LogP contribution is 2.24. The fourth-order valence-corrected chi connectivity index (χ4v) is 3.78. The second-order valence-electron chi connectivity index (χ2n) is 5.69.